The summed E-state index contributed by atoms with van der Waals surface area (Å²) in [6.07, 6.45) is 1.32. The van der Waals surface area contributed by atoms with Gasteiger partial charge >= 0.3 is 0 Å². The van der Waals surface area contributed by atoms with Crippen molar-refractivity contribution < 1.29 is 23.9 Å². The van der Waals surface area contributed by atoms with Crippen LogP contribution in [-0.4, -0.2) is 39.4 Å². The minimum Gasteiger partial charge on any atom is -0.394 e. The van der Waals surface area contributed by atoms with Gasteiger partial charge in [0.15, 0.2) is 0 Å². The van der Waals surface area contributed by atoms with Crippen LogP contribution in [0.5, 0.6) is 0 Å². The molecular formula is C22H23FN4O4. The molecule has 1 aromatic carbocycles. The van der Waals surface area contributed by atoms with E-state index in [1.54, 1.807) is 20.0 Å². The van der Waals surface area contributed by atoms with E-state index in [0.717, 1.165) is 6.07 Å². The van der Waals surface area contributed by atoms with Crippen LogP contribution in [0.15, 0.2) is 30.9 Å². The molecule has 0 spiro atoms. The second kappa shape index (κ2) is 8.93. The summed E-state index contributed by atoms with van der Waals surface area (Å²) in [6.45, 7) is 7.72. The van der Waals surface area contributed by atoms with E-state index in [2.05, 4.69) is 17.2 Å². The zero-order valence-corrected chi connectivity index (χ0v) is 17.7. The number of Topliss-reactive ketones (excluding diaryl/α,β-unsaturated/α-hetero) is 1. The lowest BCUT2D eigenvalue weighted by Gasteiger charge is -2.24. The highest BCUT2D eigenvalue weighted by Crippen LogP contribution is 2.24. The number of nitriles is 1. The number of carbonyl (C=O) groups excluding carboxylic acids is 3. The topological polar surface area (TPSA) is 124 Å². The molecule has 0 radical (unpaired) electrons. The van der Waals surface area contributed by atoms with Crippen molar-refractivity contribution in [1.29, 1.82) is 5.26 Å². The first kappa shape index (κ1) is 23.5. The number of halogens is 1. The highest BCUT2D eigenvalue weighted by molar-refractivity contribution is 6.43. The van der Waals surface area contributed by atoms with E-state index in [1.807, 2.05) is 0 Å². The molecule has 31 heavy (non-hydrogen) atoms. The Labute approximate surface area is 179 Å². The second-order valence-electron chi connectivity index (χ2n) is 7.32. The molecule has 1 aromatic heterocycles. The molecule has 2 amide bonds. The molecule has 0 aliphatic rings. The Balaban J connectivity index is 2.38. The lowest BCUT2D eigenvalue weighted by atomic mass is 10.0. The van der Waals surface area contributed by atoms with Crippen LogP contribution in [-0.2, 0) is 11.8 Å². The normalized spacial score (nSPS) is 12.4. The largest absolute Gasteiger partial charge is 0.394 e. The molecule has 0 bridgehead atoms. The maximum absolute atomic E-state index is 13.5. The summed E-state index contributed by atoms with van der Waals surface area (Å²) in [6, 6.07) is 5.27. The van der Waals surface area contributed by atoms with E-state index in [1.165, 1.54) is 36.6 Å². The van der Waals surface area contributed by atoms with Crippen molar-refractivity contribution in [2.45, 2.75) is 26.3 Å². The van der Waals surface area contributed by atoms with E-state index in [-0.39, 0.29) is 28.1 Å². The number of rotatable bonds is 7. The van der Waals surface area contributed by atoms with Crippen LogP contribution in [0.1, 0.15) is 44.6 Å². The molecule has 2 aromatic rings. The van der Waals surface area contributed by atoms with Gasteiger partial charge in [-0.3, -0.25) is 14.4 Å². The zero-order chi connectivity index (χ0) is 23.5. The second-order valence-corrected chi connectivity index (χ2v) is 7.32. The number of ketones is 1. The highest BCUT2D eigenvalue weighted by Gasteiger charge is 2.31. The average molecular weight is 426 g/mol. The maximum Gasteiger partial charge on any atom is 0.293 e. The minimum absolute atomic E-state index is 0.0614. The van der Waals surface area contributed by atoms with E-state index in [0.29, 0.717) is 5.69 Å². The van der Waals surface area contributed by atoms with Gasteiger partial charge < -0.3 is 20.3 Å². The summed E-state index contributed by atoms with van der Waals surface area (Å²) in [4.78, 5) is 38.1. The molecule has 0 saturated carbocycles. The predicted octanol–water partition coefficient (Wildman–Crippen LogP) is 2.14. The summed E-state index contributed by atoms with van der Waals surface area (Å²) in [5.74, 6) is -3.11. The molecule has 1 atom stereocenters. The fourth-order valence-electron chi connectivity index (χ4n) is 3.10. The smallest absolute Gasteiger partial charge is 0.293 e. The molecule has 0 aliphatic heterocycles. The van der Waals surface area contributed by atoms with Gasteiger partial charge in [0.25, 0.3) is 17.6 Å². The van der Waals surface area contributed by atoms with Gasteiger partial charge in [-0.05, 0) is 44.5 Å². The van der Waals surface area contributed by atoms with Gasteiger partial charge in [0.2, 0.25) is 0 Å². The van der Waals surface area contributed by atoms with Crippen molar-refractivity contribution in [3.05, 3.63) is 64.7 Å². The van der Waals surface area contributed by atoms with Crippen molar-refractivity contribution in [3.63, 3.8) is 0 Å². The SMILES string of the molecule is C=C[C@](C)(CO)NC(=O)C(=O)c1c(C)c(C(=O)Nc2ccc(F)c(C#N)c2)n(C)c1C. The Morgan fingerprint density at radius 2 is 2.00 bits per heavy atom. The number of carbonyl (C=O) groups is 3. The quantitative estimate of drug-likeness (QED) is 0.355. The fraction of sp³-hybridized carbons (Fsp3) is 0.273. The Morgan fingerprint density at radius 3 is 2.55 bits per heavy atom. The number of amides is 2. The van der Waals surface area contributed by atoms with Crippen molar-refractivity contribution in [2.24, 2.45) is 7.05 Å². The molecule has 0 saturated heterocycles. The molecule has 0 aliphatic carbocycles. The number of benzene rings is 1. The molecule has 8 nitrogen and oxygen atoms in total. The van der Waals surface area contributed by atoms with Gasteiger partial charge in [-0.1, -0.05) is 6.08 Å². The molecule has 0 unspecified atom stereocenters. The number of hydrogen-bond donors (Lipinski definition) is 3. The van der Waals surface area contributed by atoms with E-state index < -0.39 is 35.6 Å². The van der Waals surface area contributed by atoms with E-state index in [4.69, 9.17) is 5.26 Å². The van der Waals surface area contributed by atoms with Gasteiger partial charge in [-0.2, -0.15) is 5.26 Å². The first-order valence-corrected chi connectivity index (χ1v) is 9.27. The van der Waals surface area contributed by atoms with Crippen LogP contribution in [0.25, 0.3) is 0 Å². The van der Waals surface area contributed by atoms with E-state index >= 15 is 0 Å². The molecular weight excluding hydrogens is 403 g/mol. The Bertz CT molecular complexity index is 1130. The van der Waals surface area contributed by atoms with Crippen LogP contribution >= 0.6 is 0 Å². The maximum atomic E-state index is 13.5. The van der Waals surface area contributed by atoms with Crippen molar-refractivity contribution in [2.75, 3.05) is 11.9 Å². The van der Waals surface area contributed by atoms with Gasteiger partial charge in [-0.25, -0.2) is 4.39 Å². The molecule has 1 heterocycles. The molecule has 3 N–H and O–H groups in total. The fourth-order valence-corrected chi connectivity index (χ4v) is 3.10. The average Bonchev–Trinajstić information content (AvgIpc) is 2.96. The number of nitrogens with one attached hydrogen (secondary N) is 2. The third-order valence-corrected chi connectivity index (χ3v) is 5.10. The highest BCUT2D eigenvalue weighted by atomic mass is 19.1. The number of aromatic nitrogens is 1. The number of aliphatic hydroxyl groups excluding tert-OH is 1. The number of nitrogens with zero attached hydrogens (tertiary/aromatic N) is 2. The van der Waals surface area contributed by atoms with Crippen LogP contribution in [0.3, 0.4) is 0 Å². The van der Waals surface area contributed by atoms with Crippen molar-refractivity contribution in [1.82, 2.24) is 9.88 Å². The van der Waals surface area contributed by atoms with Gasteiger partial charge in [0, 0.05) is 18.4 Å². The number of anilines is 1. The molecule has 162 valence electrons. The lowest BCUT2D eigenvalue weighted by Crippen LogP contribution is -2.49. The summed E-state index contributed by atoms with van der Waals surface area (Å²) in [5.41, 5.74) is -0.328. The summed E-state index contributed by atoms with van der Waals surface area (Å²) in [7, 11) is 1.57. The molecule has 0 fully saturated rings. The van der Waals surface area contributed by atoms with Crippen LogP contribution in [0.4, 0.5) is 10.1 Å². The Morgan fingerprint density at radius 1 is 1.35 bits per heavy atom. The number of hydrogen-bond acceptors (Lipinski definition) is 5. The predicted molar refractivity (Wildman–Crippen MR) is 112 cm³/mol. The number of aliphatic hydroxyl groups is 1. The van der Waals surface area contributed by atoms with Gasteiger partial charge in [-0.15, -0.1) is 6.58 Å². The summed E-state index contributed by atoms with van der Waals surface area (Å²) >= 11 is 0. The van der Waals surface area contributed by atoms with Crippen LogP contribution < -0.4 is 10.6 Å². The first-order chi connectivity index (χ1) is 14.5. The summed E-state index contributed by atoms with van der Waals surface area (Å²) in [5, 5.41) is 23.4. The lowest BCUT2D eigenvalue weighted by molar-refractivity contribution is -0.118. The van der Waals surface area contributed by atoms with Gasteiger partial charge in [0.1, 0.15) is 17.6 Å². The Hall–Kier alpha value is -3.77. The third-order valence-electron chi connectivity index (χ3n) is 5.10. The van der Waals surface area contributed by atoms with Crippen LogP contribution in [0.2, 0.25) is 0 Å². The monoisotopic (exact) mass is 426 g/mol. The first-order valence-electron chi connectivity index (χ1n) is 9.27. The zero-order valence-electron chi connectivity index (χ0n) is 17.7. The van der Waals surface area contributed by atoms with Gasteiger partial charge in [0.05, 0.1) is 23.3 Å². The van der Waals surface area contributed by atoms with Crippen molar-refractivity contribution >= 4 is 23.3 Å². The van der Waals surface area contributed by atoms with Crippen molar-refractivity contribution in [3.8, 4) is 6.07 Å². The van der Waals surface area contributed by atoms with E-state index in [9.17, 15) is 23.9 Å². The Kier molecular flexibility index (Phi) is 6.78. The standard InChI is InChI=1S/C22H23FN4O4/c1-6-22(4,11-28)26-21(31)19(29)17-12(2)18(27(5)13(17)3)20(30)25-15-7-8-16(23)14(9-15)10-24/h6-9,28H,1,11H2,2-5H3,(H,25,30)(H,26,31)/t22-/m1/s1. The molecule has 9 heteroatoms. The van der Waals surface area contributed by atoms with Crippen LogP contribution in [0, 0.1) is 31.0 Å². The molecule has 2 rings (SSSR count). The summed E-state index contributed by atoms with van der Waals surface area (Å²) < 4.78 is 15.0. The minimum atomic E-state index is -1.18. The third kappa shape index (κ3) is 4.54.